The molecule has 0 heterocycles. The van der Waals surface area contributed by atoms with Crippen LogP contribution in [-0.4, -0.2) is 17.4 Å². The zero-order valence-corrected chi connectivity index (χ0v) is 6.87. The molecule has 0 aliphatic rings. The van der Waals surface area contributed by atoms with E-state index in [9.17, 15) is 23.7 Å². The fourth-order valence-electron chi connectivity index (χ4n) is 0.903. The van der Waals surface area contributed by atoms with Crippen LogP contribution in [0, 0.1) is 15.9 Å². The highest BCUT2D eigenvalue weighted by Gasteiger charge is 2.16. The fraction of sp³-hybridized carbons (Fsp3) is 0.125. The normalized spacial score (nSPS) is 9.86. The van der Waals surface area contributed by atoms with Crippen LogP contribution >= 0.6 is 0 Å². The highest BCUT2D eigenvalue weighted by molar-refractivity contribution is 5.97. The first kappa shape index (κ1) is 10.2. The Hall–Kier alpha value is -1.85. The Morgan fingerprint density at radius 3 is 2.64 bits per heavy atom. The molecule has 0 saturated carbocycles. The minimum atomic E-state index is -1.26. The van der Waals surface area contributed by atoms with Gasteiger partial charge in [-0.2, -0.15) is 4.39 Å². The number of benzene rings is 1. The Morgan fingerprint density at radius 1 is 1.50 bits per heavy atom. The Bertz CT molecular complexity index is 392. The summed E-state index contributed by atoms with van der Waals surface area (Å²) in [5, 5.41) is 10.2. The lowest BCUT2D eigenvalue weighted by Gasteiger charge is -1.97. The molecule has 6 heteroatoms. The molecule has 0 bridgehead atoms. The Kier molecular flexibility index (Phi) is 2.85. The molecule has 0 amide bonds. The molecule has 0 N–H and O–H groups in total. The van der Waals surface area contributed by atoms with Gasteiger partial charge in [-0.3, -0.25) is 14.9 Å². The maximum atomic E-state index is 12.7. The Morgan fingerprint density at radius 2 is 2.14 bits per heavy atom. The number of ketones is 1. The molecule has 0 saturated heterocycles. The van der Waals surface area contributed by atoms with E-state index in [0.717, 1.165) is 18.2 Å². The minimum Gasteiger partial charge on any atom is -0.291 e. The van der Waals surface area contributed by atoms with Crippen molar-refractivity contribution in [2.45, 2.75) is 0 Å². The standard InChI is InChI=1S/C8H5F2NO3/c9-4-8(12)5-1-2-6(10)7(3-5)11(13)14/h1-3H,4H2. The zero-order chi connectivity index (χ0) is 10.7. The van der Waals surface area contributed by atoms with Crippen molar-refractivity contribution >= 4 is 11.5 Å². The monoisotopic (exact) mass is 201 g/mol. The molecule has 0 fully saturated rings. The topological polar surface area (TPSA) is 60.2 Å². The highest BCUT2D eigenvalue weighted by atomic mass is 19.1. The maximum absolute atomic E-state index is 12.7. The highest BCUT2D eigenvalue weighted by Crippen LogP contribution is 2.18. The fourth-order valence-corrected chi connectivity index (χ4v) is 0.903. The lowest BCUT2D eigenvalue weighted by molar-refractivity contribution is -0.387. The van der Waals surface area contributed by atoms with Crippen LogP contribution < -0.4 is 0 Å². The van der Waals surface area contributed by atoms with E-state index >= 15 is 0 Å². The van der Waals surface area contributed by atoms with Crippen molar-refractivity contribution in [3.63, 3.8) is 0 Å². The third-order valence-corrected chi connectivity index (χ3v) is 1.59. The van der Waals surface area contributed by atoms with E-state index in [2.05, 4.69) is 0 Å². The predicted molar refractivity (Wildman–Crippen MR) is 43.4 cm³/mol. The number of carbonyl (C=O) groups is 1. The number of Topliss-reactive ketones (excluding diaryl/α,β-unsaturated/α-hetero) is 1. The zero-order valence-electron chi connectivity index (χ0n) is 6.87. The molecule has 1 aromatic carbocycles. The molecule has 0 atom stereocenters. The van der Waals surface area contributed by atoms with Crippen molar-refractivity contribution in [2.75, 3.05) is 6.67 Å². The van der Waals surface area contributed by atoms with Crippen molar-refractivity contribution in [3.05, 3.63) is 39.7 Å². The second kappa shape index (κ2) is 3.91. The van der Waals surface area contributed by atoms with Crippen LogP contribution in [0.25, 0.3) is 0 Å². The molecule has 0 aromatic heterocycles. The van der Waals surface area contributed by atoms with Gasteiger partial charge < -0.3 is 0 Å². The van der Waals surface area contributed by atoms with E-state index < -0.39 is 28.9 Å². The number of hydrogen-bond donors (Lipinski definition) is 0. The van der Waals surface area contributed by atoms with Gasteiger partial charge in [0, 0.05) is 11.6 Å². The summed E-state index contributed by atoms with van der Waals surface area (Å²) in [6, 6.07) is 2.49. The van der Waals surface area contributed by atoms with Gasteiger partial charge in [-0.05, 0) is 12.1 Å². The minimum absolute atomic E-state index is 0.208. The Labute approximate surface area is 77.3 Å². The van der Waals surface area contributed by atoms with Crippen LogP contribution in [0.3, 0.4) is 0 Å². The Balaban J connectivity index is 3.19. The summed E-state index contributed by atoms with van der Waals surface area (Å²) in [4.78, 5) is 20.1. The number of alkyl halides is 1. The van der Waals surface area contributed by atoms with Gasteiger partial charge in [0.25, 0.3) is 0 Å². The molecule has 0 aliphatic heterocycles. The van der Waals surface area contributed by atoms with Crippen molar-refractivity contribution in [3.8, 4) is 0 Å². The summed E-state index contributed by atoms with van der Waals surface area (Å²) in [5.41, 5.74) is -1.04. The number of hydrogen-bond acceptors (Lipinski definition) is 3. The first-order chi connectivity index (χ1) is 6.56. The third-order valence-electron chi connectivity index (χ3n) is 1.59. The van der Waals surface area contributed by atoms with Gasteiger partial charge in [-0.1, -0.05) is 0 Å². The number of carbonyl (C=O) groups excluding carboxylic acids is 1. The number of nitro benzene ring substituents is 1. The van der Waals surface area contributed by atoms with Crippen molar-refractivity contribution < 1.29 is 18.5 Å². The van der Waals surface area contributed by atoms with Crippen LogP contribution in [0.5, 0.6) is 0 Å². The SMILES string of the molecule is O=C(CF)c1ccc(F)c([N+](=O)[O-])c1. The third kappa shape index (κ3) is 1.90. The van der Waals surface area contributed by atoms with E-state index in [1.165, 1.54) is 0 Å². The molecule has 1 aromatic rings. The summed E-state index contributed by atoms with van der Waals surface area (Å²) < 4.78 is 24.6. The lowest BCUT2D eigenvalue weighted by Crippen LogP contribution is -2.03. The summed E-state index contributed by atoms with van der Waals surface area (Å²) in [5.74, 6) is -1.96. The average molecular weight is 201 g/mol. The first-order valence-corrected chi connectivity index (χ1v) is 3.59. The van der Waals surface area contributed by atoms with Gasteiger partial charge in [0.1, 0.15) is 0 Å². The molecular weight excluding hydrogens is 196 g/mol. The lowest BCUT2D eigenvalue weighted by atomic mass is 10.1. The van der Waals surface area contributed by atoms with Crippen LogP contribution in [0.4, 0.5) is 14.5 Å². The molecule has 4 nitrogen and oxygen atoms in total. The predicted octanol–water partition coefficient (Wildman–Crippen LogP) is 1.89. The van der Waals surface area contributed by atoms with E-state index in [-0.39, 0.29) is 5.56 Å². The van der Waals surface area contributed by atoms with Gasteiger partial charge in [-0.15, -0.1) is 0 Å². The van der Waals surface area contributed by atoms with Gasteiger partial charge >= 0.3 is 5.69 Å². The van der Waals surface area contributed by atoms with Crippen molar-refractivity contribution in [1.29, 1.82) is 0 Å². The van der Waals surface area contributed by atoms with Gasteiger partial charge in [0.05, 0.1) is 4.92 Å². The van der Waals surface area contributed by atoms with Gasteiger partial charge in [-0.25, -0.2) is 4.39 Å². The molecule has 74 valence electrons. The molecule has 1 rings (SSSR count). The van der Waals surface area contributed by atoms with E-state index in [0.29, 0.717) is 0 Å². The van der Waals surface area contributed by atoms with E-state index in [4.69, 9.17) is 0 Å². The molecule has 0 unspecified atom stereocenters. The molecule has 0 spiro atoms. The van der Waals surface area contributed by atoms with E-state index in [1.807, 2.05) is 0 Å². The molecule has 14 heavy (non-hydrogen) atoms. The number of nitro groups is 1. The van der Waals surface area contributed by atoms with Crippen molar-refractivity contribution in [1.82, 2.24) is 0 Å². The summed E-state index contributed by atoms with van der Waals surface area (Å²) in [6.45, 7) is -1.26. The second-order valence-electron chi connectivity index (χ2n) is 2.48. The van der Waals surface area contributed by atoms with Gasteiger partial charge in [0.15, 0.2) is 12.5 Å². The summed E-state index contributed by atoms with van der Waals surface area (Å²) in [7, 11) is 0. The van der Waals surface area contributed by atoms with Crippen LogP contribution in [0.2, 0.25) is 0 Å². The number of halogens is 2. The second-order valence-corrected chi connectivity index (χ2v) is 2.48. The quantitative estimate of drug-likeness (QED) is 0.426. The van der Waals surface area contributed by atoms with Crippen LogP contribution in [0.1, 0.15) is 10.4 Å². The number of rotatable bonds is 3. The molecule has 0 radical (unpaired) electrons. The number of nitrogens with zero attached hydrogens (tertiary/aromatic N) is 1. The molecule has 0 aliphatic carbocycles. The molecular formula is C8H5F2NO3. The summed E-state index contributed by atoms with van der Waals surface area (Å²) in [6.07, 6.45) is 0. The summed E-state index contributed by atoms with van der Waals surface area (Å²) >= 11 is 0. The first-order valence-electron chi connectivity index (χ1n) is 3.59. The van der Waals surface area contributed by atoms with Crippen LogP contribution in [-0.2, 0) is 0 Å². The van der Waals surface area contributed by atoms with Crippen molar-refractivity contribution in [2.24, 2.45) is 0 Å². The van der Waals surface area contributed by atoms with Gasteiger partial charge in [0.2, 0.25) is 5.82 Å². The average Bonchev–Trinajstić information content (AvgIpc) is 2.17. The largest absolute Gasteiger partial charge is 0.305 e. The smallest absolute Gasteiger partial charge is 0.291 e. The van der Waals surface area contributed by atoms with Crippen LogP contribution in [0.15, 0.2) is 18.2 Å². The maximum Gasteiger partial charge on any atom is 0.305 e. The van der Waals surface area contributed by atoms with E-state index in [1.54, 1.807) is 0 Å².